The Balaban J connectivity index is 1.49. The van der Waals surface area contributed by atoms with Crippen molar-refractivity contribution in [1.82, 2.24) is 9.80 Å². The van der Waals surface area contributed by atoms with Crippen LogP contribution in [0.5, 0.6) is 0 Å². The van der Waals surface area contributed by atoms with Crippen molar-refractivity contribution in [2.24, 2.45) is 17.8 Å². The third kappa shape index (κ3) is 1.90. The molecule has 1 saturated heterocycles. The van der Waals surface area contributed by atoms with E-state index in [1.165, 1.54) is 29.1 Å². The van der Waals surface area contributed by atoms with Gasteiger partial charge in [0.05, 0.1) is 11.6 Å². The van der Waals surface area contributed by atoms with Crippen LogP contribution in [-0.4, -0.2) is 39.2 Å². The van der Waals surface area contributed by atoms with Crippen molar-refractivity contribution in [1.29, 1.82) is 0 Å². The first-order chi connectivity index (χ1) is 11.6. The minimum absolute atomic E-state index is 0.235. The smallest absolute Gasteiger partial charge is 0.263 e. The molecule has 5 heteroatoms. The van der Waals surface area contributed by atoms with Crippen LogP contribution < -0.4 is 0 Å². The number of hydrogen-bond donors (Lipinski definition) is 0. The summed E-state index contributed by atoms with van der Waals surface area (Å²) >= 11 is 0. The summed E-state index contributed by atoms with van der Waals surface area (Å²) in [6, 6.07) is -0.579. The fourth-order valence-electron chi connectivity index (χ4n) is 6.54. The van der Waals surface area contributed by atoms with Crippen molar-refractivity contribution in [3.8, 4) is 0 Å². The molecule has 128 valence electrons. The Labute approximate surface area is 142 Å². The van der Waals surface area contributed by atoms with Crippen LogP contribution in [0.4, 0.5) is 4.79 Å². The van der Waals surface area contributed by atoms with Gasteiger partial charge in [-0.15, -0.1) is 0 Å². The van der Waals surface area contributed by atoms with Crippen LogP contribution in [0.1, 0.15) is 57.8 Å². The summed E-state index contributed by atoms with van der Waals surface area (Å²) in [6.45, 7) is 0. The standard InChI is InChI=1S/C19H24N2O3/c22-16-17(23)21(18(24)20(16)15-4-2-1-3-5-15)19-9-12-6-13(10-19)8-14(7-12)11-19/h2,4,12-15H,1,3,5-11H2/t12?,13?,14?,15-,19?/m1/s1. The Hall–Kier alpha value is -1.65. The summed E-state index contributed by atoms with van der Waals surface area (Å²) in [5, 5.41) is 0. The Morgan fingerprint density at radius 1 is 0.917 bits per heavy atom. The highest BCUT2D eigenvalue weighted by Crippen LogP contribution is 2.58. The van der Waals surface area contributed by atoms with Gasteiger partial charge in [0.1, 0.15) is 0 Å². The maximum atomic E-state index is 13.1. The Kier molecular flexibility index (Phi) is 3.01. The van der Waals surface area contributed by atoms with E-state index < -0.39 is 11.8 Å². The summed E-state index contributed by atoms with van der Waals surface area (Å²) in [6.07, 6.45) is 13.2. The minimum atomic E-state index is -0.604. The molecule has 6 rings (SSSR count). The van der Waals surface area contributed by atoms with Crippen LogP contribution in [0.25, 0.3) is 0 Å². The van der Waals surface area contributed by atoms with E-state index in [4.69, 9.17) is 0 Å². The molecule has 0 aromatic heterocycles. The van der Waals surface area contributed by atoms with E-state index in [9.17, 15) is 14.4 Å². The van der Waals surface area contributed by atoms with Crippen molar-refractivity contribution >= 4 is 17.8 Å². The molecular formula is C19H24N2O3. The third-order valence-electron chi connectivity index (χ3n) is 7.04. The molecule has 4 bridgehead atoms. The van der Waals surface area contributed by atoms with E-state index in [-0.39, 0.29) is 17.6 Å². The fourth-order valence-corrected chi connectivity index (χ4v) is 6.54. The first-order valence-electron chi connectivity index (χ1n) is 9.46. The number of carbonyl (C=O) groups is 3. The van der Waals surface area contributed by atoms with Crippen molar-refractivity contribution in [2.75, 3.05) is 0 Å². The van der Waals surface area contributed by atoms with Crippen LogP contribution in [0.15, 0.2) is 12.2 Å². The Morgan fingerprint density at radius 3 is 2.08 bits per heavy atom. The van der Waals surface area contributed by atoms with E-state index in [1.54, 1.807) is 0 Å². The molecule has 0 N–H and O–H groups in total. The summed E-state index contributed by atoms with van der Waals surface area (Å²) in [7, 11) is 0. The second-order valence-electron chi connectivity index (χ2n) is 8.67. The lowest BCUT2D eigenvalue weighted by Gasteiger charge is -2.58. The maximum absolute atomic E-state index is 13.1. The van der Waals surface area contributed by atoms with Crippen LogP contribution in [-0.2, 0) is 9.59 Å². The highest BCUT2D eigenvalue weighted by Gasteiger charge is 2.61. The van der Waals surface area contributed by atoms with Crippen molar-refractivity contribution in [3.63, 3.8) is 0 Å². The van der Waals surface area contributed by atoms with Crippen molar-refractivity contribution in [2.45, 2.75) is 69.4 Å². The molecule has 6 aliphatic rings. The van der Waals surface area contributed by atoms with Gasteiger partial charge in [-0.1, -0.05) is 12.2 Å². The molecule has 0 radical (unpaired) electrons. The molecule has 5 fully saturated rings. The first-order valence-corrected chi connectivity index (χ1v) is 9.46. The SMILES string of the molecule is O=C1C(=O)N(C23CC4CC(CC(C4)C2)C3)C(=O)N1[C@@H]1C=CCCC1. The molecule has 0 unspecified atom stereocenters. The van der Waals surface area contributed by atoms with Gasteiger partial charge < -0.3 is 0 Å². The second kappa shape index (κ2) is 4.93. The summed E-state index contributed by atoms with van der Waals surface area (Å²) in [5.41, 5.74) is -0.369. The molecule has 24 heavy (non-hydrogen) atoms. The van der Waals surface area contributed by atoms with Crippen LogP contribution in [0, 0.1) is 17.8 Å². The van der Waals surface area contributed by atoms with E-state index in [0.717, 1.165) is 38.5 Å². The van der Waals surface area contributed by atoms with E-state index in [0.29, 0.717) is 17.8 Å². The monoisotopic (exact) mass is 328 g/mol. The molecule has 1 atom stereocenters. The normalized spacial score (nSPS) is 44.1. The molecular weight excluding hydrogens is 304 g/mol. The molecule has 4 amide bonds. The molecule has 1 heterocycles. The highest BCUT2D eigenvalue weighted by atomic mass is 16.2. The van der Waals surface area contributed by atoms with Gasteiger partial charge in [0.15, 0.2) is 0 Å². The number of urea groups is 1. The maximum Gasteiger partial charge on any atom is 0.335 e. The number of imide groups is 2. The van der Waals surface area contributed by atoms with Crippen LogP contribution in [0.2, 0.25) is 0 Å². The quantitative estimate of drug-likeness (QED) is 0.445. The number of carbonyl (C=O) groups excluding carboxylic acids is 3. The fraction of sp³-hybridized carbons (Fsp3) is 0.737. The van der Waals surface area contributed by atoms with Crippen molar-refractivity contribution < 1.29 is 14.4 Å². The molecule has 0 spiro atoms. The van der Waals surface area contributed by atoms with Gasteiger partial charge in [-0.2, -0.15) is 0 Å². The summed E-state index contributed by atoms with van der Waals surface area (Å²) in [5.74, 6) is 0.731. The molecule has 1 aliphatic heterocycles. The number of allylic oxidation sites excluding steroid dienone is 1. The van der Waals surface area contributed by atoms with Crippen LogP contribution in [0.3, 0.4) is 0 Å². The molecule has 0 aromatic carbocycles. The lowest BCUT2D eigenvalue weighted by Crippen LogP contribution is -2.62. The first kappa shape index (κ1) is 14.7. The zero-order valence-corrected chi connectivity index (χ0v) is 13.9. The zero-order valence-electron chi connectivity index (χ0n) is 13.9. The summed E-state index contributed by atoms with van der Waals surface area (Å²) < 4.78 is 0. The number of rotatable bonds is 2. The summed E-state index contributed by atoms with van der Waals surface area (Å²) in [4.78, 5) is 41.1. The topological polar surface area (TPSA) is 57.7 Å². The van der Waals surface area contributed by atoms with E-state index in [1.807, 2.05) is 12.2 Å². The number of hydrogen-bond acceptors (Lipinski definition) is 3. The predicted octanol–water partition coefficient (Wildman–Crippen LogP) is 2.85. The molecule has 0 aromatic rings. The van der Waals surface area contributed by atoms with E-state index in [2.05, 4.69) is 0 Å². The Bertz CT molecular complexity index is 618. The van der Waals surface area contributed by atoms with E-state index >= 15 is 0 Å². The van der Waals surface area contributed by atoms with Gasteiger partial charge in [0, 0.05) is 0 Å². The average molecular weight is 328 g/mol. The number of nitrogens with zero attached hydrogens (tertiary/aromatic N) is 2. The van der Waals surface area contributed by atoms with Gasteiger partial charge in [-0.3, -0.25) is 9.59 Å². The van der Waals surface area contributed by atoms with Crippen LogP contribution >= 0.6 is 0 Å². The number of amides is 4. The second-order valence-corrected chi connectivity index (χ2v) is 8.67. The van der Waals surface area contributed by atoms with Gasteiger partial charge in [-0.25, -0.2) is 14.6 Å². The van der Waals surface area contributed by atoms with Gasteiger partial charge in [0.2, 0.25) is 0 Å². The molecule has 5 nitrogen and oxygen atoms in total. The van der Waals surface area contributed by atoms with Crippen molar-refractivity contribution in [3.05, 3.63) is 12.2 Å². The van der Waals surface area contributed by atoms with Gasteiger partial charge >= 0.3 is 17.8 Å². The average Bonchev–Trinajstić information content (AvgIpc) is 2.77. The molecule has 5 aliphatic carbocycles. The van der Waals surface area contributed by atoms with Gasteiger partial charge in [-0.05, 0) is 75.5 Å². The molecule has 4 saturated carbocycles. The minimum Gasteiger partial charge on any atom is -0.263 e. The lowest BCUT2D eigenvalue weighted by atomic mass is 9.52. The highest BCUT2D eigenvalue weighted by molar-refractivity contribution is 6.45. The predicted molar refractivity (Wildman–Crippen MR) is 86.8 cm³/mol. The lowest BCUT2D eigenvalue weighted by molar-refractivity contribution is -0.150. The van der Waals surface area contributed by atoms with Gasteiger partial charge in [0.25, 0.3) is 0 Å². The Morgan fingerprint density at radius 2 is 1.54 bits per heavy atom. The third-order valence-corrected chi connectivity index (χ3v) is 7.04. The zero-order chi connectivity index (χ0) is 16.5. The largest absolute Gasteiger partial charge is 0.335 e.